The summed E-state index contributed by atoms with van der Waals surface area (Å²) in [6.07, 6.45) is -0.170. The first kappa shape index (κ1) is 17.6. The van der Waals surface area contributed by atoms with Gasteiger partial charge >= 0.3 is 0 Å². The van der Waals surface area contributed by atoms with Crippen molar-refractivity contribution < 1.29 is 13.2 Å². The Morgan fingerprint density at radius 3 is 2.65 bits per heavy atom. The summed E-state index contributed by atoms with van der Waals surface area (Å²) >= 11 is 3.32. The van der Waals surface area contributed by atoms with E-state index in [-0.39, 0.29) is 17.5 Å². The molecule has 0 radical (unpaired) electrons. The lowest BCUT2D eigenvalue weighted by Gasteiger charge is -2.13. The van der Waals surface area contributed by atoms with E-state index in [4.69, 9.17) is 4.74 Å². The lowest BCUT2D eigenvalue weighted by molar-refractivity contribution is 0.122. The highest BCUT2D eigenvalue weighted by Crippen LogP contribution is 2.23. The molecule has 20 heavy (non-hydrogen) atoms. The number of hydrogen-bond donors (Lipinski definition) is 2. The van der Waals surface area contributed by atoms with Gasteiger partial charge in [0.15, 0.2) is 0 Å². The third-order valence-corrected chi connectivity index (χ3v) is 5.23. The van der Waals surface area contributed by atoms with E-state index in [9.17, 15) is 8.42 Å². The molecule has 0 fully saturated rings. The van der Waals surface area contributed by atoms with Crippen molar-refractivity contribution in [3.8, 4) is 0 Å². The first-order valence-corrected chi connectivity index (χ1v) is 8.70. The van der Waals surface area contributed by atoms with Crippen LogP contribution < -0.4 is 10.0 Å². The maximum atomic E-state index is 12.2. The molecule has 0 bridgehead atoms. The van der Waals surface area contributed by atoms with Crippen LogP contribution in [0.4, 0.5) is 0 Å². The van der Waals surface area contributed by atoms with Gasteiger partial charge in [-0.3, -0.25) is 0 Å². The van der Waals surface area contributed by atoms with Gasteiger partial charge in [0.1, 0.15) is 0 Å². The summed E-state index contributed by atoms with van der Waals surface area (Å²) in [4.78, 5) is 0.237. The van der Waals surface area contributed by atoms with Crippen LogP contribution in [0.15, 0.2) is 27.6 Å². The van der Waals surface area contributed by atoms with E-state index in [1.165, 1.54) is 0 Å². The van der Waals surface area contributed by atoms with Crippen molar-refractivity contribution in [2.24, 2.45) is 0 Å². The zero-order chi connectivity index (χ0) is 15.2. The Kier molecular flexibility index (Phi) is 7.11. The molecule has 0 aliphatic heterocycles. The summed E-state index contributed by atoms with van der Waals surface area (Å²) in [6, 6.07) is 5.23. The minimum absolute atomic E-state index is 0.170. The molecule has 5 nitrogen and oxygen atoms in total. The molecule has 2 N–H and O–H groups in total. The van der Waals surface area contributed by atoms with Gasteiger partial charge in [0, 0.05) is 24.7 Å². The van der Waals surface area contributed by atoms with Crippen molar-refractivity contribution in [1.29, 1.82) is 0 Å². The van der Waals surface area contributed by atoms with Crippen LogP contribution in [0, 0.1) is 0 Å². The fourth-order valence-electron chi connectivity index (χ4n) is 1.53. The third-order valence-electron chi connectivity index (χ3n) is 2.83. The van der Waals surface area contributed by atoms with Crippen LogP contribution in [0.3, 0.4) is 0 Å². The van der Waals surface area contributed by atoms with E-state index in [0.717, 1.165) is 12.1 Å². The first-order valence-electron chi connectivity index (χ1n) is 6.42. The molecule has 0 saturated heterocycles. The summed E-state index contributed by atoms with van der Waals surface area (Å²) in [7, 11) is -1.98. The molecular weight excluding hydrogens is 344 g/mol. The maximum Gasteiger partial charge on any atom is 0.241 e. The molecule has 0 aliphatic rings. The van der Waals surface area contributed by atoms with Gasteiger partial charge in [-0.25, -0.2) is 13.1 Å². The normalized spacial score (nSPS) is 13.4. The second-order valence-electron chi connectivity index (χ2n) is 4.44. The highest BCUT2D eigenvalue weighted by atomic mass is 79.9. The van der Waals surface area contributed by atoms with E-state index >= 15 is 0 Å². The maximum absolute atomic E-state index is 12.2. The summed E-state index contributed by atoms with van der Waals surface area (Å²) in [6.45, 7) is 5.65. The summed E-state index contributed by atoms with van der Waals surface area (Å²) in [5.74, 6) is 0. The largest absolute Gasteiger partial charge is 0.380 e. The number of ether oxygens (including phenoxy) is 1. The Morgan fingerprint density at radius 2 is 2.10 bits per heavy atom. The lowest BCUT2D eigenvalue weighted by Crippen LogP contribution is -2.31. The van der Waals surface area contributed by atoms with Crippen LogP contribution >= 0.6 is 15.9 Å². The summed E-state index contributed by atoms with van der Waals surface area (Å²) in [5, 5.41) is 3.20. The number of halogens is 1. The fraction of sp³-hybridized carbons (Fsp3) is 0.538. The average Bonchev–Trinajstić information content (AvgIpc) is 2.42. The van der Waals surface area contributed by atoms with Gasteiger partial charge in [-0.05, 0) is 47.1 Å². The topological polar surface area (TPSA) is 67.4 Å². The molecule has 0 aliphatic carbocycles. The molecule has 1 aromatic carbocycles. The quantitative estimate of drug-likeness (QED) is 0.738. The van der Waals surface area contributed by atoms with Crippen LogP contribution in [0.2, 0.25) is 0 Å². The summed E-state index contributed by atoms with van der Waals surface area (Å²) in [5.41, 5.74) is 1.03. The van der Waals surface area contributed by atoms with Gasteiger partial charge in [0.05, 0.1) is 11.0 Å². The Hall–Kier alpha value is -0.470. The zero-order valence-corrected chi connectivity index (χ0v) is 14.3. The zero-order valence-electron chi connectivity index (χ0n) is 11.9. The second kappa shape index (κ2) is 8.09. The molecule has 1 atom stereocenters. The number of methoxy groups -OCH3 is 1. The van der Waals surface area contributed by atoms with Crippen molar-refractivity contribution in [2.75, 3.05) is 20.2 Å². The lowest BCUT2D eigenvalue weighted by atomic mass is 10.2. The van der Waals surface area contributed by atoms with Crippen LogP contribution in [-0.2, 0) is 21.3 Å². The molecule has 0 amide bonds. The van der Waals surface area contributed by atoms with Gasteiger partial charge < -0.3 is 10.1 Å². The molecule has 7 heteroatoms. The fourth-order valence-corrected chi connectivity index (χ4v) is 3.77. The molecule has 114 valence electrons. The van der Waals surface area contributed by atoms with Crippen molar-refractivity contribution in [3.05, 3.63) is 28.2 Å². The van der Waals surface area contributed by atoms with E-state index < -0.39 is 10.0 Å². The van der Waals surface area contributed by atoms with E-state index in [1.54, 1.807) is 20.1 Å². The number of rotatable bonds is 8. The van der Waals surface area contributed by atoms with Gasteiger partial charge in [-0.2, -0.15) is 0 Å². The molecular formula is C13H21BrN2O3S. The Balaban J connectivity index is 2.84. The molecule has 1 unspecified atom stereocenters. The predicted octanol–water partition coefficient (Wildman–Crippen LogP) is 1.87. The van der Waals surface area contributed by atoms with Gasteiger partial charge in [-0.15, -0.1) is 0 Å². The number of nitrogens with one attached hydrogen (secondary N) is 2. The molecule has 0 spiro atoms. The van der Waals surface area contributed by atoms with Crippen molar-refractivity contribution in [3.63, 3.8) is 0 Å². The van der Waals surface area contributed by atoms with Gasteiger partial charge in [-0.1, -0.05) is 13.0 Å². The van der Waals surface area contributed by atoms with Crippen molar-refractivity contribution >= 4 is 26.0 Å². The number of sulfonamides is 1. The molecule has 0 heterocycles. The molecule has 1 aromatic rings. The SMILES string of the molecule is CCNCc1ccc(S(=O)(=O)NCC(C)OC)c(Br)c1. The van der Waals surface area contributed by atoms with Crippen LogP contribution in [0.5, 0.6) is 0 Å². The van der Waals surface area contributed by atoms with E-state index in [1.807, 2.05) is 19.1 Å². The highest BCUT2D eigenvalue weighted by Gasteiger charge is 2.18. The van der Waals surface area contributed by atoms with E-state index in [2.05, 4.69) is 26.0 Å². The van der Waals surface area contributed by atoms with E-state index in [0.29, 0.717) is 11.0 Å². The highest BCUT2D eigenvalue weighted by molar-refractivity contribution is 9.10. The number of hydrogen-bond acceptors (Lipinski definition) is 4. The van der Waals surface area contributed by atoms with Gasteiger partial charge in [0.2, 0.25) is 10.0 Å². The Labute approximate surface area is 129 Å². The Bertz CT molecular complexity index is 534. The Morgan fingerprint density at radius 1 is 1.40 bits per heavy atom. The van der Waals surface area contributed by atoms with Crippen molar-refractivity contribution in [2.45, 2.75) is 31.4 Å². The molecule has 1 rings (SSSR count). The summed E-state index contributed by atoms with van der Waals surface area (Å²) < 4.78 is 32.5. The standard InChI is InChI=1S/C13H21BrN2O3S/c1-4-15-9-11-5-6-13(12(14)7-11)20(17,18)16-8-10(2)19-3/h5-7,10,15-16H,4,8-9H2,1-3H3. The van der Waals surface area contributed by atoms with Crippen LogP contribution in [0.1, 0.15) is 19.4 Å². The average molecular weight is 365 g/mol. The second-order valence-corrected chi connectivity index (χ2v) is 7.03. The minimum Gasteiger partial charge on any atom is -0.380 e. The molecule has 0 aromatic heterocycles. The van der Waals surface area contributed by atoms with Crippen LogP contribution in [0.25, 0.3) is 0 Å². The monoisotopic (exact) mass is 364 g/mol. The molecule has 0 saturated carbocycles. The number of benzene rings is 1. The van der Waals surface area contributed by atoms with Crippen molar-refractivity contribution in [1.82, 2.24) is 10.0 Å². The third kappa shape index (κ3) is 5.14. The first-order chi connectivity index (χ1) is 9.40. The smallest absolute Gasteiger partial charge is 0.241 e. The van der Waals surface area contributed by atoms with Gasteiger partial charge in [0.25, 0.3) is 0 Å². The van der Waals surface area contributed by atoms with Crippen LogP contribution in [-0.4, -0.2) is 34.7 Å². The predicted molar refractivity (Wildman–Crippen MR) is 83.2 cm³/mol. The minimum atomic E-state index is -3.53.